The van der Waals surface area contributed by atoms with Gasteiger partial charge < -0.3 is 15.4 Å². The number of para-hydroxylation sites is 1. The summed E-state index contributed by atoms with van der Waals surface area (Å²) in [4.78, 5) is 30.6. The van der Waals surface area contributed by atoms with Crippen LogP contribution in [-0.4, -0.2) is 36.5 Å². The topological polar surface area (TPSA) is 81.4 Å². The monoisotopic (exact) mass is 448 g/mol. The summed E-state index contributed by atoms with van der Waals surface area (Å²) in [5, 5.41) is 6.72. The standard InChI is InChI=1S/C28H21N3O3/c32-27-18-10-4-5-11-19(18)28(33)25-24(27)21(30-15-14-29-17-8-2-1-3-9-17)16-23-26(25)31-20-12-6-7-13-22(20)34-23/h1-13,16,22,29-30H,14-15H2/p+1. The number of anilines is 2. The molecule has 3 aromatic carbocycles. The van der Waals surface area contributed by atoms with Crippen LogP contribution in [0.1, 0.15) is 31.8 Å². The van der Waals surface area contributed by atoms with Crippen LogP contribution in [0.15, 0.2) is 85.0 Å². The van der Waals surface area contributed by atoms with Crippen molar-refractivity contribution in [2.24, 2.45) is 0 Å². The van der Waals surface area contributed by atoms with Gasteiger partial charge in [-0.3, -0.25) is 9.59 Å². The third-order valence-corrected chi connectivity index (χ3v) is 6.21. The maximum absolute atomic E-state index is 13.6. The fraction of sp³-hybridized carbons (Fsp3) is 0.107. The Bertz CT molecular complexity index is 1420. The summed E-state index contributed by atoms with van der Waals surface area (Å²) in [5.74, 6) is 0.198. The van der Waals surface area contributed by atoms with E-state index in [1.165, 1.54) is 0 Å². The summed E-state index contributed by atoms with van der Waals surface area (Å²) in [6.45, 7) is 1.20. The molecule has 1 atom stereocenters. The van der Waals surface area contributed by atoms with Gasteiger partial charge in [0.15, 0.2) is 11.5 Å². The van der Waals surface area contributed by atoms with Gasteiger partial charge in [-0.2, -0.15) is 0 Å². The lowest BCUT2D eigenvalue weighted by molar-refractivity contribution is -0.362. The number of rotatable bonds is 5. The number of nitrogens with one attached hydrogen (secondary N) is 3. The molecule has 6 nitrogen and oxygen atoms in total. The number of fused-ring (bicyclic) bond motifs is 5. The molecule has 1 aliphatic heterocycles. The van der Waals surface area contributed by atoms with Crippen molar-refractivity contribution in [2.45, 2.75) is 6.10 Å². The summed E-state index contributed by atoms with van der Waals surface area (Å²) in [5.41, 5.74) is 4.57. The summed E-state index contributed by atoms with van der Waals surface area (Å²) in [6.07, 6.45) is 7.45. The molecular formula is C28H22N3O3+. The normalized spacial score (nSPS) is 17.1. The van der Waals surface area contributed by atoms with Gasteiger partial charge in [-0.15, -0.1) is 0 Å². The van der Waals surface area contributed by atoms with Crippen LogP contribution in [0.4, 0.5) is 17.1 Å². The maximum Gasteiger partial charge on any atom is 0.258 e. The SMILES string of the molecule is O=C1c2ccccc2C(=O)c2c3c(cc(NCCNc4ccccc4)c21)OC1C=CC=CC1=[NH+]3. The van der Waals surface area contributed by atoms with Crippen LogP contribution < -0.4 is 20.4 Å². The van der Waals surface area contributed by atoms with Crippen molar-refractivity contribution in [2.75, 3.05) is 23.7 Å². The van der Waals surface area contributed by atoms with E-state index in [9.17, 15) is 9.59 Å². The number of hydrogen-bond acceptors (Lipinski definition) is 5. The average molecular weight is 449 g/mol. The fourth-order valence-electron chi connectivity index (χ4n) is 4.61. The lowest BCUT2D eigenvalue weighted by Crippen LogP contribution is -2.72. The van der Waals surface area contributed by atoms with E-state index in [0.717, 1.165) is 11.4 Å². The Kier molecular flexibility index (Phi) is 4.84. The number of hydrogen-bond donors (Lipinski definition) is 3. The zero-order valence-corrected chi connectivity index (χ0v) is 18.3. The van der Waals surface area contributed by atoms with Crippen LogP contribution >= 0.6 is 0 Å². The lowest BCUT2D eigenvalue weighted by Gasteiger charge is -2.26. The summed E-state index contributed by atoms with van der Waals surface area (Å²) in [7, 11) is 0. The molecule has 0 saturated carbocycles. The third kappa shape index (κ3) is 3.31. The number of carbonyl (C=O) groups excluding carboxylic acids is 2. The first-order valence-corrected chi connectivity index (χ1v) is 11.3. The Morgan fingerprint density at radius 2 is 1.53 bits per heavy atom. The fourth-order valence-corrected chi connectivity index (χ4v) is 4.61. The second-order valence-corrected chi connectivity index (χ2v) is 8.33. The quantitative estimate of drug-likeness (QED) is 0.409. The van der Waals surface area contributed by atoms with E-state index in [1.807, 2.05) is 60.7 Å². The molecule has 0 amide bonds. The van der Waals surface area contributed by atoms with Crippen LogP contribution in [0.5, 0.6) is 5.75 Å². The van der Waals surface area contributed by atoms with Crippen LogP contribution in [-0.2, 0) is 0 Å². The molecule has 0 radical (unpaired) electrons. The number of ketones is 2. The van der Waals surface area contributed by atoms with Gasteiger partial charge in [0, 0.05) is 42.0 Å². The average Bonchev–Trinajstić information content (AvgIpc) is 2.88. The minimum Gasteiger partial charge on any atom is -0.468 e. The minimum atomic E-state index is -0.259. The van der Waals surface area contributed by atoms with E-state index < -0.39 is 0 Å². The van der Waals surface area contributed by atoms with Gasteiger partial charge in [0.25, 0.3) is 5.69 Å². The third-order valence-electron chi connectivity index (χ3n) is 6.21. The summed E-state index contributed by atoms with van der Waals surface area (Å²) < 4.78 is 6.23. The first kappa shape index (κ1) is 20.2. The van der Waals surface area contributed by atoms with Crippen LogP contribution in [0.2, 0.25) is 0 Å². The van der Waals surface area contributed by atoms with Crippen molar-refractivity contribution in [3.63, 3.8) is 0 Å². The van der Waals surface area contributed by atoms with Crippen molar-refractivity contribution < 1.29 is 19.3 Å². The lowest BCUT2D eigenvalue weighted by atomic mass is 9.81. The van der Waals surface area contributed by atoms with E-state index in [-0.39, 0.29) is 17.7 Å². The predicted molar refractivity (Wildman–Crippen MR) is 131 cm³/mol. The molecule has 0 spiro atoms. The number of allylic oxidation sites excluding steroid dienone is 2. The first-order chi connectivity index (χ1) is 16.7. The molecule has 1 unspecified atom stereocenters. The molecule has 3 aliphatic rings. The van der Waals surface area contributed by atoms with E-state index in [4.69, 9.17) is 4.74 Å². The van der Waals surface area contributed by atoms with Crippen LogP contribution in [0.25, 0.3) is 0 Å². The number of benzene rings is 3. The van der Waals surface area contributed by atoms with Gasteiger partial charge in [0.1, 0.15) is 5.56 Å². The summed E-state index contributed by atoms with van der Waals surface area (Å²) in [6, 6.07) is 18.7. The van der Waals surface area contributed by atoms with E-state index >= 15 is 0 Å². The highest BCUT2D eigenvalue weighted by molar-refractivity contribution is 6.32. The molecule has 3 aromatic rings. The number of carbonyl (C=O) groups is 2. The Morgan fingerprint density at radius 1 is 0.824 bits per heavy atom. The zero-order valence-electron chi connectivity index (χ0n) is 18.3. The van der Waals surface area contributed by atoms with Gasteiger partial charge in [-0.05, 0) is 18.2 Å². The smallest absolute Gasteiger partial charge is 0.258 e. The molecule has 6 heteroatoms. The Hall–Kier alpha value is -4.45. The van der Waals surface area contributed by atoms with Crippen molar-refractivity contribution in [3.8, 4) is 5.75 Å². The zero-order chi connectivity index (χ0) is 23.1. The highest BCUT2D eigenvalue weighted by Gasteiger charge is 2.40. The molecule has 2 aliphatic carbocycles. The molecule has 0 aromatic heterocycles. The summed E-state index contributed by atoms with van der Waals surface area (Å²) >= 11 is 0. The van der Waals surface area contributed by atoms with Gasteiger partial charge in [0.2, 0.25) is 17.6 Å². The molecule has 0 saturated heterocycles. The second-order valence-electron chi connectivity index (χ2n) is 8.33. The molecule has 0 bridgehead atoms. The Morgan fingerprint density at radius 3 is 2.32 bits per heavy atom. The van der Waals surface area contributed by atoms with Gasteiger partial charge in [-0.1, -0.05) is 54.6 Å². The van der Waals surface area contributed by atoms with Crippen LogP contribution in [0.3, 0.4) is 0 Å². The predicted octanol–water partition coefficient (Wildman–Crippen LogP) is 3.03. The molecule has 6 rings (SSSR count). The van der Waals surface area contributed by atoms with Gasteiger partial charge in [0.05, 0.1) is 11.3 Å². The molecular weight excluding hydrogens is 426 g/mol. The molecule has 0 fully saturated rings. The molecule has 166 valence electrons. The van der Waals surface area contributed by atoms with Crippen molar-refractivity contribution in [1.82, 2.24) is 0 Å². The maximum atomic E-state index is 13.6. The molecule has 3 N–H and O–H groups in total. The number of ether oxygens (including phenoxy) is 1. The molecule has 1 heterocycles. The van der Waals surface area contributed by atoms with Crippen molar-refractivity contribution in [1.29, 1.82) is 0 Å². The Balaban J connectivity index is 1.41. The van der Waals surface area contributed by atoms with Gasteiger partial charge >= 0.3 is 0 Å². The molecule has 34 heavy (non-hydrogen) atoms. The van der Waals surface area contributed by atoms with Crippen molar-refractivity contribution >= 4 is 34.3 Å². The van der Waals surface area contributed by atoms with Gasteiger partial charge in [-0.25, -0.2) is 4.99 Å². The highest BCUT2D eigenvalue weighted by atomic mass is 16.5. The van der Waals surface area contributed by atoms with E-state index in [0.29, 0.717) is 52.5 Å². The second kappa shape index (κ2) is 8.15. The largest absolute Gasteiger partial charge is 0.468 e. The minimum absolute atomic E-state index is 0.167. The van der Waals surface area contributed by atoms with E-state index in [1.54, 1.807) is 24.3 Å². The first-order valence-electron chi connectivity index (χ1n) is 11.3. The Labute approximate surface area is 196 Å². The van der Waals surface area contributed by atoms with Crippen LogP contribution in [0, 0.1) is 0 Å². The van der Waals surface area contributed by atoms with E-state index in [2.05, 4.69) is 15.6 Å². The van der Waals surface area contributed by atoms with Crippen molar-refractivity contribution in [3.05, 3.63) is 107 Å². The highest BCUT2D eigenvalue weighted by Crippen LogP contribution is 2.41.